The maximum atomic E-state index is 5.88. The third-order valence-corrected chi connectivity index (χ3v) is 2.10. The Bertz CT molecular complexity index is 339. The lowest BCUT2D eigenvalue weighted by molar-refractivity contribution is 0.166. The van der Waals surface area contributed by atoms with Crippen molar-refractivity contribution in [2.75, 3.05) is 30.6 Å². The molecule has 0 atom stereocenters. The Balaban J connectivity index is 2.26. The van der Waals surface area contributed by atoms with Gasteiger partial charge in [0.1, 0.15) is 12.0 Å². The van der Waals surface area contributed by atoms with Crippen LogP contribution in [0.25, 0.3) is 0 Å². The number of nitrogens with zero attached hydrogens (tertiary/aromatic N) is 3. The molecule has 0 bridgehead atoms. The maximum absolute atomic E-state index is 5.88. The molecule has 1 aliphatic rings. The summed E-state index contributed by atoms with van der Waals surface area (Å²) in [4.78, 5) is 13.4. The summed E-state index contributed by atoms with van der Waals surface area (Å²) < 4.78 is 5.28. The fourth-order valence-corrected chi connectivity index (χ4v) is 1.44. The van der Waals surface area contributed by atoms with Crippen LogP contribution >= 0.6 is 0 Å². The highest BCUT2D eigenvalue weighted by Gasteiger charge is 2.20. The molecule has 2 heterocycles. The average molecular weight is 210 g/mol. The molecular formula is C9H14N4O2. The van der Waals surface area contributed by atoms with E-state index in [0.717, 1.165) is 13.0 Å². The molecule has 1 aromatic heterocycles. The van der Waals surface area contributed by atoms with Gasteiger partial charge < -0.3 is 10.5 Å². The summed E-state index contributed by atoms with van der Waals surface area (Å²) in [6, 6.07) is 0. The number of nitrogens with two attached hydrogens (primary N) is 1. The van der Waals surface area contributed by atoms with Gasteiger partial charge in [0.25, 0.3) is 0 Å². The molecule has 0 aromatic carbocycles. The van der Waals surface area contributed by atoms with Crippen molar-refractivity contribution in [1.29, 1.82) is 0 Å². The number of aromatic nitrogens is 2. The van der Waals surface area contributed by atoms with Crippen LogP contribution in [0, 0.1) is 0 Å². The first-order chi connectivity index (χ1) is 7.33. The second-order valence-electron chi connectivity index (χ2n) is 3.14. The molecule has 15 heavy (non-hydrogen) atoms. The van der Waals surface area contributed by atoms with E-state index < -0.39 is 0 Å². The van der Waals surface area contributed by atoms with Gasteiger partial charge in [-0.15, -0.1) is 0 Å². The van der Waals surface area contributed by atoms with Crippen molar-refractivity contribution in [2.45, 2.75) is 13.3 Å². The summed E-state index contributed by atoms with van der Waals surface area (Å²) in [6.45, 7) is 3.91. The van der Waals surface area contributed by atoms with Gasteiger partial charge in [-0.05, 0) is 13.3 Å². The van der Waals surface area contributed by atoms with Crippen molar-refractivity contribution in [3.63, 3.8) is 0 Å². The third-order valence-electron chi connectivity index (χ3n) is 2.10. The van der Waals surface area contributed by atoms with Crippen LogP contribution in [0.1, 0.15) is 13.3 Å². The van der Waals surface area contributed by atoms with E-state index in [9.17, 15) is 0 Å². The molecule has 1 aromatic rings. The SMILES string of the molecule is CCOc1ncnc(N2CCCO2)c1N. The molecule has 6 nitrogen and oxygen atoms in total. The molecule has 1 fully saturated rings. The van der Waals surface area contributed by atoms with Gasteiger partial charge in [-0.3, -0.25) is 4.84 Å². The molecule has 0 spiro atoms. The van der Waals surface area contributed by atoms with Crippen molar-refractivity contribution in [3.05, 3.63) is 6.33 Å². The van der Waals surface area contributed by atoms with Crippen LogP contribution in [0.2, 0.25) is 0 Å². The van der Waals surface area contributed by atoms with Crippen molar-refractivity contribution in [1.82, 2.24) is 9.97 Å². The Morgan fingerprint density at radius 3 is 3.13 bits per heavy atom. The van der Waals surface area contributed by atoms with Gasteiger partial charge in [0, 0.05) is 6.54 Å². The minimum atomic E-state index is 0.415. The quantitative estimate of drug-likeness (QED) is 0.787. The molecular weight excluding hydrogens is 196 g/mol. The van der Waals surface area contributed by atoms with E-state index in [1.54, 1.807) is 5.06 Å². The summed E-state index contributed by atoms with van der Waals surface area (Å²) in [7, 11) is 0. The summed E-state index contributed by atoms with van der Waals surface area (Å²) in [6.07, 6.45) is 2.41. The van der Waals surface area contributed by atoms with E-state index >= 15 is 0 Å². The standard InChI is InChI=1S/C9H14N4O2/c1-2-14-9-7(10)8(11-6-12-9)13-4-3-5-15-13/h6H,2-5,10H2,1H3. The first kappa shape index (κ1) is 9.97. The Labute approximate surface area is 88.0 Å². The molecule has 0 aliphatic carbocycles. The fraction of sp³-hybridized carbons (Fsp3) is 0.556. The molecule has 2 rings (SSSR count). The Morgan fingerprint density at radius 1 is 1.60 bits per heavy atom. The normalized spacial score (nSPS) is 15.7. The average Bonchev–Trinajstić information content (AvgIpc) is 2.74. The zero-order valence-corrected chi connectivity index (χ0v) is 8.64. The second-order valence-corrected chi connectivity index (χ2v) is 3.14. The number of rotatable bonds is 3. The van der Waals surface area contributed by atoms with E-state index in [0.29, 0.717) is 30.6 Å². The van der Waals surface area contributed by atoms with Crippen LogP contribution < -0.4 is 15.5 Å². The van der Waals surface area contributed by atoms with Gasteiger partial charge in [-0.25, -0.2) is 10.0 Å². The zero-order chi connectivity index (χ0) is 10.7. The lowest BCUT2D eigenvalue weighted by Gasteiger charge is -2.17. The lowest BCUT2D eigenvalue weighted by atomic mass is 10.4. The topological polar surface area (TPSA) is 73.5 Å². The summed E-state index contributed by atoms with van der Waals surface area (Å²) in [5.74, 6) is 1.00. The molecule has 1 aliphatic heterocycles. The summed E-state index contributed by atoms with van der Waals surface area (Å²) in [5.41, 5.74) is 6.31. The second kappa shape index (κ2) is 4.31. The number of hydrogen-bond acceptors (Lipinski definition) is 6. The predicted octanol–water partition coefficient (Wildman–Crippen LogP) is 0.599. The van der Waals surface area contributed by atoms with Crippen LogP contribution in [0.4, 0.5) is 11.5 Å². The van der Waals surface area contributed by atoms with E-state index in [2.05, 4.69) is 9.97 Å². The van der Waals surface area contributed by atoms with Gasteiger partial charge in [0.2, 0.25) is 5.88 Å². The molecule has 0 saturated carbocycles. The number of hydroxylamine groups is 1. The predicted molar refractivity (Wildman–Crippen MR) is 55.5 cm³/mol. The van der Waals surface area contributed by atoms with Gasteiger partial charge in [0.15, 0.2) is 5.82 Å². The van der Waals surface area contributed by atoms with E-state index in [1.165, 1.54) is 6.33 Å². The van der Waals surface area contributed by atoms with E-state index in [1.807, 2.05) is 6.92 Å². The summed E-state index contributed by atoms with van der Waals surface area (Å²) >= 11 is 0. The number of ether oxygens (including phenoxy) is 1. The fourth-order valence-electron chi connectivity index (χ4n) is 1.44. The first-order valence-electron chi connectivity index (χ1n) is 4.96. The minimum Gasteiger partial charge on any atom is -0.476 e. The van der Waals surface area contributed by atoms with E-state index in [4.69, 9.17) is 15.3 Å². The van der Waals surface area contributed by atoms with Crippen molar-refractivity contribution in [3.8, 4) is 5.88 Å². The zero-order valence-electron chi connectivity index (χ0n) is 8.64. The highest BCUT2D eigenvalue weighted by atomic mass is 16.7. The van der Waals surface area contributed by atoms with Gasteiger partial charge in [0.05, 0.1) is 13.2 Å². The third kappa shape index (κ3) is 1.94. The molecule has 82 valence electrons. The monoisotopic (exact) mass is 210 g/mol. The minimum absolute atomic E-state index is 0.415. The van der Waals surface area contributed by atoms with Crippen molar-refractivity contribution >= 4 is 11.5 Å². The number of hydrogen-bond donors (Lipinski definition) is 1. The Kier molecular flexibility index (Phi) is 2.86. The Morgan fingerprint density at radius 2 is 2.47 bits per heavy atom. The van der Waals surface area contributed by atoms with Crippen molar-refractivity contribution < 1.29 is 9.57 Å². The first-order valence-corrected chi connectivity index (χ1v) is 4.96. The van der Waals surface area contributed by atoms with Crippen LogP contribution in [0.3, 0.4) is 0 Å². The van der Waals surface area contributed by atoms with Crippen LogP contribution in [0.5, 0.6) is 5.88 Å². The molecule has 1 saturated heterocycles. The number of nitrogen functional groups attached to an aromatic ring is 1. The van der Waals surface area contributed by atoms with E-state index in [-0.39, 0.29) is 0 Å². The molecule has 0 unspecified atom stereocenters. The molecule has 0 amide bonds. The number of anilines is 2. The van der Waals surface area contributed by atoms with Crippen molar-refractivity contribution in [2.24, 2.45) is 0 Å². The highest BCUT2D eigenvalue weighted by molar-refractivity contribution is 5.66. The van der Waals surface area contributed by atoms with Crippen LogP contribution in [-0.4, -0.2) is 29.7 Å². The van der Waals surface area contributed by atoms with Crippen LogP contribution in [-0.2, 0) is 4.84 Å². The summed E-state index contributed by atoms with van der Waals surface area (Å²) in [5, 5.41) is 1.68. The van der Waals surface area contributed by atoms with Gasteiger partial charge in [-0.1, -0.05) is 0 Å². The maximum Gasteiger partial charge on any atom is 0.242 e. The molecule has 6 heteroatoms. The van der Waals surface area contributed by atoms with Gasteiger partial charge >= 0.3 is 0 Å². The lowest BCUT2D eigenvalue weighted by Crippen LogP contribution is -2.19. The Hall–Kier alpha value is -1.56. The largest absolute Gasteiger partial charge is 0.476 e. The highest BCUT2D eigenvalue weighted by Crippen LogP contribution is 2.29. The van der Waals surface area contributed by atoms with Crippen LogP contribution in [0.15, 0.2) is 6.33 Å². The molecule has 2 N–H and O–H groups in total. The van der Waals surface area contributed by atoms with Gasteiger partial charge in [-0.2, -0.15) is 4.98 Å². The smallest absolute Gasteiger partial charge is 0.242 e. The molecule has 0 radical (unpaired) electrons.